The van der Waals surface area contributed by atoms with Gasteiger partial charge in [-0.15, -0.1) is 0 Å². The number of nitrogens with zero attached hydrogens (tertiary/aromatic N) is 2. The predicted molar refractivity (Wildman–Crippen MR) is 155 cm³/mol. The van der Waals surface area contributed by atoms with Crippen LogP contribution >= 0.6 is 39.3 Å². The minimum absolute atomic E-state index is 0.237. The Bertz CT molecular complexity index is 1480. The van der Waals surface area contributed by atoms with Gasteiger partial charge in [-0.2, -0.15) is 0 Å². The number of hydrogen-bond donors (Lipinski definition) is 0. The summed E-state index contributed by atoms with van der Waals surface area (Å²) in [6.07, 6.45) is 2.36. The molecule has 2 aliphatic rings. The minimum atomic E-state index is -0.492. The summed E-state index contributed by atoms with van der Waals surface area (Å²) in [4.78, 5) is 41.7. The molecule has 7 nitrogen and oxygen atoms in total. The summed E-state index contributed by atoms with van der Waals surface area (Å²) in [5, 5.41) is 0.180. The molecule has 0 bridgehead atoms. The third-order valence-electron chi connectivity index (χ3n) is 6.50. The van der Waals surface area contributed by atoms with Crippen molar-refractivity contribution in [3.63, 3.8) is 0 Å². The van der Waals surface area contributed by atoms with Crippen LogP contribution in [-0.2, 0) is 29.2 Å². The molecule has 2 aliphatic heterocycles. The summed E-state index contributed by atoms with van der Waals surface area (Å²) in [5.74, 6) is 0.226. The molecule has 0 saturated carbocycles. The zero-order valence-electron chi connectivity index (χ0n) is 21.0. The van der Waals surface area contributed by atoms with Crippen molar-refractivity contribution in [1.82, 2.24) is 9.80 Å². The molecule has 1 saturated heterocycles. The highest BCUT2D eigenvalue weighted by Gasteiger charge is 2.37. The number of ether oxygens (including phenoxy) is 2. The number of carbonyl (C=O) groups is 3. The molecule has 0 atom stereocenters. The largest absolute Gasteiger partial charge is 0.493 e. The van der Waals surface area contributed by atoms with Crippen molar-refractivity contribution >= 4 is 62.4 Å². The zero-order chi connectivity index (χ0) is 27.5. The molecule has 0 aromatic heterocycles. The van der Waals surface area contributed by atoms with E-state index in [1.54, 1.807) is 35.2 Å². The van der Waals surface area contributed by atoms with E-state index in [9.17, 15) is 14.4 Å². The second kappa shape index (κ2) is 11.9. The highest BCUT2D eigenvalue weighted by atomic mass is 79.9. The molecule has 3 aromatic carbocycles. The quantitative estimate of drug-likeness (QED) is 0.286. The van der Waals surface area contributed by atoms with Crippen LogP contribution in [0, 0.1) is 0 Å². The number of halogens is 2. The molecule has 0 aliphatic carbocycles. The second-order valence-corrected chi connectivity index (χ2v) is 11.3. The van der Waals surface area contributed by atoms with Gasteiger partial charge in [0.25, 0.3) is 11.1 Å². The SMILES string of the molecule is COc1cc(/C=C2/SC(=O)N(CC(=O)N3CCc4ccccc4C3)C2=O)cc(Br)c1OCc1ccc(Cl)cc1. The molecular weight excluding hydrogens is 604 g/mol. The molecular formula is C29H24BrClN2O5S. The van der Waals surface area contributed by atoms with Gasteiger partial charge < -0.3 is 14.4 Å². The molecule has 2 heterocycles. The van der Waals surface area contributed by atoms with Gasteiger partial charge in [0, 0.05) is 18.1 Å². The van der Waals surface area contributed by atoms with E-state index < -0.39 is 11.1 Å². The zero-order valence-corrected chi connectivity index (χ0v) is 24.1. The fourth-order valence-electron chi connectivity index (χ4n) is 4.43. The van der Waals surface area contributed by atoms with Crippen LogP contribution in [0.4, 0.5) is 4.79 Å². The van der Waals surface area contributed by atoms with Crippen LogP contribution < -0.4 is 9.47 Å². The molecule has 0 radical (unpaired) electrons. The van der Waals surface area contributed by atoms with Gasteiger partial charge in [0.2, 0.25) is 5.91 Å². The summed E-state index contributed by atoms with van der Waals surface area (Å²) in [6.45, 7) is 1.05. The Morgan fingerprint density at radius 2 is 1.85 bits per heavy atom. The summed E-state index contributed by atoms with van der Waals surface area (Å²) < 4.78 is 12.1. The Morgan fingerprint density at radius 3 is 2.59 bits per heavy atom. The van der Waals surface area contributed by atoms with Crippen molar-refractivity contribution in [3.05, 3.63) is 97.3 Å². The monoisotopic (exact) mass is 626 g/mol. The maximum absolute atomic E-state index is 13.1. The first-order valence-corrected chi connectivity index (χ1v) is 14.2. The van der Waals surface area contributed by atoms with Crippen molar-refractivity contribution in [1.29, 1.82) is 0 Å². The van der Waals surface area contributed by atoms with E-state index in [4.69, 9.17) is 21.1 Å². The Hall–Kier alpha value is -3.27. The van der Waals surface area contributed by atoms with Gasteiger partial charge in [-0.1, -0.05) is 48.0 Å². The van der Waals surface area contributed by atoms with Crippen molar-refractivity contribution in [2.24, 2.45) is 0 Å². The average Bonchev–Trinajstić information content (AvgIpc) is 3.19. The van der Waals surface area contributed by atoms with Crippen LogP contribution in [0.2, 0.25) is 5.02 Å². The van der Waals surface area contributed by atoms with E-state index >= 15 is 0 Å². The predicted octanol–water partition coefficient (Wildman–Crippen LogP) is 6.31. The van der Waals surface area contributed by atoms with Gasteiger partial charge in [-0.25, -0.2) is 0 Å². The van der Waals surface area contributed by atoms with Crippen LogP contribution in [0.25, 0.3) is 6.08 Å². The fraction of sp³-hybridized carbons (Fsp3) is 0.207. The lowest BCUT2D eigenvalue weighted by Gasteiger charge is -2.29. The number of hydrogen-bond acceptors (Lipinski definition) is 6. The van der Waals surface area contributed by atoms with E-state index in [0.717, 1.165) is 34.2 Å². The molecule has 5 rings (SSSR count). The molecule has 0 N–H and O–H groups in total. The Morgan fingerprint density at radius 1 is 1.10 bits per heavy atom. The van der Waals surface area contributed by atoms with E-state index in [1.807, 2.05) is 30.3 Å². The summed E-state index contributed by atoms with van der Waals surface area (Å²) >= 11 is 10.3. The first kappa shape index (κ1) is 27.3. The number of methoxy groups -OCH3 is 1. The second-order valence-electron chi connectivity index (χ2n) is 9.05. The first-order valence-electron chi connectivity index (χ1n) is 12.2. The summed E-state index contributed by atoms with van der Waals surface area (Å²) in [5.41, 5.74) is 3.89. The number of fused-ring (bicyclic) bond motifs is 1. The Kier molecular flexibility index (Phi) is 8.30. The molecule has 0 spiro atoms. The lowest BCUT2D eigenvalue weighted by atomic mass is 10.00. The first-order chi connectivity index (χ1) is 18.8. The third kappa shape index (κ3) is 6.16. The average molecular weight is 628 g/mol. The third-order valence-corrected chi connectivity index (χ3v) is 8.24. The molecule has 1 fully saturated rings. The number of rotatable bonds is 7. The normalized spacial score (nSPS) is 16.0. The van der Waals surface area contributed by atoms with Crippen LogP contribution in [0.15, 0.2) is 70.0 Å². The van der Waals surface area contributed by atoms with Crippen LogP contribution in [0.3, 0.4) is 0 Å². The molecule has 39 heavy (non-hydrogen) atoms. The topological polar surface area (TPSA) is 76.2 Å². The van der Waals surface area contributed by atoms with E-state index in [0.29, 0.717) is 46.3 Å². The highest BCUT2D eigenvalue weighted by molar-refractivity contribution is 9.10. The lowest BCUT2D eigenvalue weighted by Crippen LogP contribution is -2.44. The van der Waals surface area contributed by atoms with Gasteiger partial charge in [0.05, 0.1) is 16.5 Å². The number of amides is 3. The Balaban J connectivity index is 1.27. The fourth-order valence-corrected chi connectivity index (χ4v) is 5.97. The van der Waals surface area contributed by atoms with E-state index in [1.165, 1.54) is 12.7 Å². The molecule has 200 valence electrons. The number of imide groups is 1. The molecule has 3 aromatic rings. The standard InChI is InChI=1S/C29H24BrClN2O5S/c1-37-24-13-19(12-23(30)27(24)38-17-18-6-8-22(31)9-7-18)14-25-28(35)33(29(36)39-25)16-26(34)32-11-10-20-4-2-3-5-21(20)15-32/h2-9,12-14H,10-11,15-17H2,1H3/b25-14+. The summed E-state index contributed by atoms with van der Waals surface area (Å²) in [7, 11) is 1.53. The minimum Gasteiger partial charge on any atom is -0.493 e. The van der Waals surface area contributed by atoms with Crippen LogP contribution in [0.5, 0.6) is 11.5 Å². The Labute approximate surface area is 243 Å². The number of benzene rings is 3. The molecule has 3 amide bonds. The highest BCUT2D eigenvalue weighted by Crippen LogP contribution is 2.39. The molecule has 0 unspecified atom stereocenters. The van der Waals surface area contributed by atoms with Gasteiger partial charge in [0.1, 0.15) is 13.2 Å². The molecule has 10 heteroatoms. The van der Waals surface area contributed by atoms with Crippen LogP contribution in [0.1, 0.15) is 22.3 Å². The number of thioether (sulfide) groups is 1. The van der Waals surface area contributed by atoms with Crippen molar-refractivity contribution in [3.8, 4) is 11.5 Å². The number of carbonyl (C=O) groups excluding carboxylic acids is 3. The maximum Gasteiger partial charge on any atom is 0.294 e. The van der Waals surface area contributed by atoms with Crippen molar-refractivity contribution < 1.29 is 23.9 Å². The van der Waals surface area contributed by atoms with Crippen LogP contribution in [-0.4, -0.2) is 47.1 Å². The van der Waals surface area contributed by atoms with Gasteiger partial charge in [0.15, 0.2) is 11.5 Å². The van der Waals surface area contributed by atoms with Gasteiger partial charge >= 0.3 is 0 Å². The smallest absolute Gasteiger partial charge is 0.294 e. The van der Waals surface area contributed by atoms with Crippen molar-refractivity contribution in [2.45, 2.75) is 19.6 Å². The van der Waals surface area contributed by atoms with E-state index in [-0.39, 0.29) is 17.4 Å². The summed E-state index contributed by atoms with van der Waals surface area (Å²) in [6, 6.07) is 18.8. The maximum atomic E-state index is 13.1. The van der Waals surface area contributed by atoms with Gasteiger partial charge in [-0.05, 0) is 86.7 Å². The lowest BCUT2D eigenvalue weighted by molar-refractivity contribution is -0.136. The van der Waals surface area contributed by atoms with E-state index in [2.05, 4.69) is 22.0 Å². The van der Waals surface area contributed by atoms with Crippen molar-refractivity contribution in [2.75, 3.05) is 20.2 Å². The van der Waals surface area contributed by atoms with Gasteiger partial charge in [-0.3, -0.25) is 19.3 Å².